The third kappa shape index (κ3) is 2.40. The second kappa shape index (κ2) is 5.09. The summed E-state index contributed by atoms with van der Waals surface area (Å²) in [4.78, 5) is 4.55. The van der Waals surface area contributed by atoms with Crippen molar-refractivity contribution in [1.82, 2.24) is 10.3 Å². The van der Waals surface area contributed by atoms with Crippen LogP contribution in [0.15, 0.2) is 29.6 Å². The van der Waals surface area contributed by atoms with Crippen molar-refractivity contribution in [1.29, 1.82) is 0 Å². The van der Waals surface area contributed by atoms with Crippen molar-refractivity contribution in [2.45, 2.75) is 6.54 Å². The number of hydrogen-bond acceptors (Lipinski definition) is 4. The lowest BCUT2D eigenvalue weighted by Gasteiger charge is -2.01. The first-order valence-corrected chi connectivity index (χ1v) is 5.95. The van der Waals surface area contributed by atoms with Gasteiger partial charge in [0.1, 0.15) is 10.8 Å². The fourth-order valence-corrected chi connectivity index (χ4v) is 2.27. The Labute approximate surface area is 99.1 Å². The largest absolute Gasteiger partial charge is 0.497 e. The van der Waals surface area contributed by atoms with Crippen LogP contribution in [0.25, 0.3) is 10.6 Å². The van der Waals surface area contributed by atoms with Crippen LogP contribution in [0, 0.1) is 0 Å². The van der Waals surface area contributed by atoms with E-state index in [1.165, 1.54) is 0 Å². The summed E-state index contributed by atoms with van der Waals surface area (Å²) in [5.41, 5.74) is 2.18. The molecule has 0 atom stereocenters. The molecule has 0 unspecified atom stereocenters. The SMILES string of the molecule is CNCc1csc(-c2cccc(OC)c2)n1. The molecule has 3 nitrogen and oxygen atoms in total. The summed E-state index contributed by atoms with van der Waals surface area (Å²) in [6.07, 6.45) is 0. The third-order valence-corrected chi connectivity index (χ3v) is 3.17. The van der Waals surface area contributed by atoms with E-state index in [2.05, 4.69) is 15.7 Å². The molecule has 1 N–H and O–H groups in total. The van der Waals surface area contributed by atoms with Gasteiger partial charge < -0.3 is 10.1 Å². The quantitative estimate of drug-likeness (QED) is 0.882. The monoisotopic (exact) mass is 234 g/mol. The number of methoxy groups -OCH3 is 1. The van der Waals surface area contributed by atoms with E-state index in [1.807, 2.05) is 31.3 Å². The van der Waals surface area contributed by atoms with Crippen LogP contribution in [0.3, 0.4) is 0 Å². The normalized spacial score (nSPS) is 10.4. The van der Waals surface area contributed by atoms with Gasteiger partial charge in [0, 0.05) is 17.5 Å². The number of thiazole rings is 1. The van der Waals surface area contributed by atoms with E-state index < -0.39 is 0 Å². The van der Waals surface area contributed by atoms with Gasteiger partial charge in [0.2, 0.25) is 0 Å². The number of hydrogen-bond donors (Lipinski definition) is 1. The molecule has 0 spiro atoms. The van der Waals surface area contributed by atoms with Crippen LogP contribution in [-0.4, -0.2) is 19.1 Å². The lowest BCUT2D eigenvalue weighted by molar-refractivity contribution is 0.415. The van der Waals surface area contributed by atoms with E-state index >= 15 is 0 Å². The van der Waals surface area contributed by atoms with E-state index in [4.69, 9.17) is 4.74 Å². The lowest BCUT2D eigenvalue weighted by atomic mass is 10.2. The fraction of sp³-hybridized carbons (Fsp3) is 0.250. The zero-order chi connectivity index (χ0) is 11.4. The maximum Gasteiger partial charge on any atom is 0.123 e. The molecule has 0 saturated carbocycles. The molecular formula is C12H14N2OS. The standard InChI is InChI=1S/C12H14N2OS/c1-13-7-10-8-16-12(14-10)9-4-3-5-11(6-9)15-2/h3-6,8,13H,7H2,1-2H3. The Balaban J connectivity index is 2.27. The van der Waals surface area contributed by atoms with Gasteiger partial charge >= 0.3 is 0 Å². The molecule has 0 aliphatic heterocycles. The first-order valence-electron chi connectivity index (χ1n) is 5.07. The molecule has 0 amide bonds. The van der Waals surface area contributed by atoms with E-state index in [0.717, 1.165) is 28.6 Å². The van der Waals surface area contributed by atoms with Crippen molar-refractivity contribution in [3.8, 4) is 16.3 Å². The highest BCUT2D eigenvalue weighted by Crippen LogP contribution is 2.26. The molecule has 1 heterocycles. The van der Waals surface area contributed by atoms with E-state index in [9.17, 15) is 0 Å². The number of nitrogens with one attached hydrogen (secondary N) is 1. The molecule has 16 heavy (non-hydrogen) atoms. The van der Waals surface area contributed by atoms with Crippen LogP contribution in [0.2, 0.25) is 0 Å². The van der Waals surface area contributed by atoms with Crippen LogP contribution in [-0.2, 0) is 6.54 Å². The second-order valence-electron chi connectivity index (χ2n) is 3.41. The fourth-order valence-electron chi connectivity index (χ4n) is 1.46. The van der Waals surface area contributed by atoms with Gasteiger partial charge in [0.25, 0.3) is 0 Å². The molecule has 0 aliphatic carbocycles. The molecule has 0 radical (unpaired) electrons. The van der Waals surface area contributed by atoms with Crippen molar-refractivity contribution in [3.05, 3.63) is 35.3 Å². The van der Waals surface area contributed by atoms with Crippen molar-refractivity contribution in [2.24, 2.45) is 0 Å². The summed E-state index contributed by atoms with van der Waals surface area (Å²) in [5.74, 6) is 0.864. The molecule has 2 rings (SSSR count). The van der Waals surface area contributed by atoms with E-state index in [1.54, 1.807) is 18.4 Å². The van der Waals surface area contributed by atoms with E-state index in [0.29, 0.717) is 0 Å². The maximum absolute atomic E-state index is 5.20. The second-order valence-corrected chi connectivity index (χ2v) is 4.26. The highest BCUT2D eigenvalue weighted by Gasteiger charge is 2.04. The molecule has 1 aromatic heterocycles. The zero-order valence-corrected chi connectivity index (χ0v) is 10.2. The molecular weight excluding hydrogens is 220 g/mol. The molecule has 4 heteroatoms. The Bertz CT molecular complexity index is 468. The van der Waals surface area contributed by atoms with Gasteiger partial charge in [-0.2, -0.15) is 0 Å². The van der Waals surface area contributed by atoms with Gasteiger partial charge in [-0.3, -0.25) is 0 Å². The number of ether oxygens (including phenoxy) is 1. The Kier molecular flexibility index (Phi) is 3.54. The molecule has 0 bridgehead atoms. The van der Waals surface area contributed by atoms with Crippen LogP contribution in [0.1, 0.15) is 5.69 Å². The molecule has 1 aromatic carbocycles. The molecule has 0 aliphatic rings. The van der Waals surface area contributed by atoms with Crippen molar-refractivity contribution in [2.75, 3.05) is 14.2 Å². The summed E-state index contributed by atoms with van der Waals surface area (Å²) >= 11 is 1.66. The summed E-state index contributed by atoms with van der Waals surface area (Å²) in [5, 5.41) is 6.20. The minimum Gasteiger partial charge on any atom is -0.497 e. The Morgan fingerprint density at radius 2 is 2.31 bits per heavy atom. The zero-order valence-electron chi connectivity index (χ0n) is 9.36. The summed E-state index contributed by atoms with van der Waals surface area (Å²) in [6.45, 7) is 0.806. The third-order valence-electron chi connectivity index (χ3n) is 2.23. The van der Waals surface area contributed by atoms with E-state index in [-0.39, 0.29) is 0 Å². The van der Waals surface area contributed by atoms with Gasteiger partial charge in [-0.25, -0.2) is 4.98 Å². The number of rotatable bonds is 4. The van der Waals surface area contributed by atoms with Gasteiger partial charge in [-0.1, -0.05) is 12.1 Å². The first kappa shape index (κ1) is 11.1. The number of benzene rings is 1. The van der Waals surface area contributed by atoms with Gasteiger partial charge in [0.15, 0.2) is 0 Å². The predicted molar refractivity (Wildman–Crippen MR) is 66.9 cm³/mol. The lowest BCUT2D eigenvalue weighted by Crippen LogP contribution is -2.04. The predicted octanol–water partition coefficient (Wildman–Crippen LogP) is 2.54. The van der Waals surface area contributed by atoms with Gasteiger partial charge in [-0.15, -0.1) is 11.3 Å². The topological polar surface area (TPSA) is 34.1 Å². The molecule has 84 valence electrons. The highest BCUT2D eigenvalue weighted by molar-refractivity contribution is 7.13. The highest BCUT2D eigenvalue weighted by atomic mass is 32.1. The van der Waals surface area contributed by atoms with Crippen LogP contribution in [0.5, 0.6) is 5.75 Å². The van der Waals surface area contributed by atoms with Gasteiger partial charge in [0.05, 0.1) is 12.8 Å². The molecule has 0 saturated heterocycles. The Morgan fingerprint density at radius 3 is 3.06 bits per heavy atom. The first-order chi connectivity index (χ1) is 7.83. The van der Waals surface area contributed by atoms with Crippen LogP contribution < -0.4 is 10.1 Å². The van der Waals surface area contributed by atoms with Crippen LogP contribution >= 0.6 is 11.3 Å². The summed E-state index contributed by atoms with van der Waals surface area (Å²) in [6, 6.07) is 7.96. The number of nitrogens with zero attached hydrogens (tertiary/aromatic N) is 1. The van der Waals surface area contributed by atoms with Crippen molar-refractivity contribution >= 4 is 11.3 Å². The van der Waals surface area contributed by atoms with Gasteiger partial charge in [-0.05, 0) is 19.2 Å². The maximum atomic E-state index is 5.20. The summed E-state index contributed by atoms with van der Waals surface area (Å²) in [7, 11) is 3.60. The molecule has 2 aromatic rings. The summed E-state index contributed by atoms with van der Waals surface area (Å²) < 4.78 is 5.20. The van der Waals surface area contributed by atoms with Crippen molar-refractivity contribution < 1.29 is 4.74 Å². The average molecular weight is 234 g/mol. The smallest absolute Gasteiger partial charge is 0.123 e. The average Bonchev–Trinajstić information content (AvgIpc) is 2.78. The Morgan fingerprint density at radius 1 is 1.44 bits per heavy atom. The molecule has 0 fully saturated rings. The minimum atomic E-state index is 0.806. The minimum absolute atomic E-state index is 0.806. The number of aromatic nitrogens is 1. The van der Waals surface area contributed by atoms with Crippen molar-refractivity contribution in [3.63, 3.8) is 0 Å². The van der Waals surface area contributed by atoms with Crippen LogP contribution in [0.4, 0.5) is 0 Å². The Hall–Kier alpha value is -1.39.